The molecule has 52 heavy (non-hydrogen) atoms. The maximum Gasteiger partial charge on any atom is 0.248 e. The van der Waals surface area contributed by atoms with Crippen molar-refractivity contribution in [1.82, 2.24) is 0 Å². The van der Waals surface area contributed by atoms with Gasteiger partial charge in [-0.25, -0.2) is 0 Å². The van der Waals surface area contributed by atoms with Crippen molar-refractivity contribution in [3.63, 3.8) is 0 Å². The molecule has 2 aliphatic heterocycles. The molecule has 2 nitrogen and oxygen atoms in total. The molecule has 0 N–H and O–H groups in total. The molecule has 270 valence electrons. The first-order valence-corrected chi connectivity index (χ1v) is 19.5. The number of hydrogen-bond donors (Lipinski definition) is 0. The molecule has 0 saturated heterocycles. The van der Waals surface area contributed by atoms with E-state index in [0.717, 1.165) is 0 Å². The maximum absolute atomic E-state index is 2.64. The predicted molar refractivity (Wildman–Crippen MR) is 229 cm³/mol. The Labute approximate surface area is 316 Å². The highest BCUT2D eigenvalue weighted by atomic mass is 15.2. The van der Waals surface area contributed by atoms with Crippen LogP contribution in [-0.2, 0) is 21.7 Å². The average molecular weight is 689 g/mol. The fraction of sp³-hybridized carbons (Fsp3) is 0.429. The summed E-state index contributed by atoms with van der Waals surface area (Å²) >= 11 is 0. The molecule has 3 heteroatoms. The van der Waals surface area contributed by atoms with E-state index in [1.165, 1.54) is 83.9 Å². The zero-order valence-corrected chi connectivity index (χ0v) is 35.0. The molecule has 4 aromatic carbocycles. The van der Waals surface area contributed by atoms with Crippen molar-refractivity contribution >= 4 is 46.1 Å². The summed E-state index contributed by atoms with van der Waals surface area (Å²) in [4.78, 5) is 5.22. The molecular formula is C49H61BN2. The predicted octanol–water partition coefficient (Wildman–Crippen LogP) is 12.6. The number of hydrogen-bond acceptors (Lipinski definition) is 2. The third kappa shape index (κ3) is 5.60. The third-order valence-corrected chi connectivity index (χ3v) is 12.5. The number of anilines is 5. The van der Waals surface area contributed by atoms with Gasteiger partial charge in [-0.3, -0.25) is 0 Å². The van der Waals surface area contributed by atoms with E-state index >= 15 is 0 Å². The Balaban J connectivity index is 1.62. The second-order valence-corrected chi connectivity index (χ2v) is 20.5. The van der Waals surface area contributed by atoms with Crippen LogP contribution in [0.4, 0.5) is 28.4 Å². The lowest BCUT2D eigenvalue weighted by Crippen LogP contribution is -2.58. The molecule has 0 spiro atoms. The molecule has 0 amide bonds. The lowest BCUT2D eigenvalue weighted by atomic mass is 9.30. The zero-order chi connectivity index (χ0) is 38.1. The molecule has 0 unspecified atom stereocenters. The van der Waals surface area contributed by atoms with Gasteiger partial charge < -0.3 is 9.80 Å². The molecule has 2 heterocycles. The molecule has 0 saturated carbocycles. The fourth-order valence-corrected chi connectivity index (χ4v) is 8.78. The Hall–Kier alpha value is -3.98. The number of nitrogens with zero attached hydrogens (tertiary/aromatic N) is 2. The fourth-order valence-electron chi connectivity index (χ4n) is 8.78. The van der Waals surface area contributed by atoms with Gasteiger partial charge >= 0.3 is 0 Å². The standard InChI is InChI=1S/C49H61BN2/c1-30-31(2)49(15,16)44-43(30)52(37-24-19-33(20-25-37)46(6,7)8)41-29-35(48(12,13)14)28-40-42(41)50(44)38-27-34(47(9,10)11)21-26-39(38)51(40)36-22-17-32(18-23-36)45(3,4)5/h17-29H,1-16H3. The lowest BCUT2D eigenvalue weighted by Gasteiger charge is -2.47. The highest BCUT2D eigenvalue weighted by Crippen LogP contribution is 2.56. The summed E-state index contributed by atoms with van der Waals surface area (Å²) in [5, 5.41) is 0. The van der Waals surface area contributed by atoms with Crippen LogP contribution < -0.4 is 20.7 Å². The van der Waals surface area contributed by atoms with E-state index < -0.39 is 0 Å². The van der Waals surface area contributed by atoms with E-state index in [4.69, 9.17) is 0 Å². The Morgan fingerprint density at radius 3 is 1.37 bits per heavy atom. The van der Waals surface area contributed by atoms with Gasteiger partial charge in [-0.1, -0.05) is 144 Å². The van der Waals surface area contributed by atoms with Crippen molar-refractivity contribution in [3.8, 4) is 0 Å². The number of fused-ring (bicyclic) bond motifs is 3. The minimum atomic E-state index is -0.114. The van der Waals surface area contributed by atoms with Crippen molar-refractivity contribution in [2.45, 2.75) is 132 Å². The summed E-state index contributed by atoms with van der Waals surface area (Å²) in [6.07, 6.45) is 0. The Kier molecular flexibility index (Phi) is 8.05. The van der Waals surface area contributed by atoms with Crippen LogP contribution in [0.1, 0.15) is 133 Å². The van der Waals surface area contributed by atoms with Gasteiger partial charge in [0.05, 0.1) is 0 Å². The molecule has 1 aliphatic carbocycles. The van der Waals surface area contributed by atoms with Crippen LogP contribution in [0.15, 0.2) is 101 Å². The Morgan fingerprint density at radius 2 is 0.904 bits per heavy atom. The van der Waals surface area contributed by atoms with E-state index in [1.807, 2.05) is 0 Å². The van der Waals surface area contributed by atoms with E-state index in [1.54, 1.807) is 0 Å². The summed E-state index contributed by atoms with van der Waals surface area (Å²) in [7, 11) is 0. The number of benzene rings is 4. The SMILES string of the molecule is CC1=C(C)C(C)(C)C2=C1N(c1ccc(C(C)(C)C)cc1)c1cc(C(C)(C)C)cc3c1B2c1cc(C(C)(C)C)ccc1N3c1ccc(C(C)(C)C)cc1. The van der Waals surface area contributed by atoms with E-state index in [-0.39, 0.29) is 33.8 Å². The number of allylic oxidation sites excluding steroid dienone is 3. The molecule has 0 atom stereocenters. The molecule has 0 radical (unpaired) electrons. The quantitative estimate of drug-likeness (QED) is 0.193. The monoisotopic (exact) mass is 688 g/mol. The molecule has 4 aromatic rings. The normalized spacial score (nSPS) is 17.1. The summed E-state index contributed by atoms with van der Waals surface area (Å²) < 4.78 is 0. The first-order chi connectivity index (χ1) is 23.9. The van der Waals surface area contributed by atoms with Crippen LogP contribution >= 0.6 is 0 Å². The highest BCUT2D eigenvalue weighted by Gasteiger charge is 2.52. The molecule has 3 aliphatic rings. The van der Waals surface area contributed by atoms with Crippen molar-refractivity contribution in [2.24, 2.45) is 5.41 Å². The van der Waals surface area contributed by atoms with Gasteiger partial charge in [-0.15, -0.1) is 0 Å². The Morgan fingerprint density at radius 1 is 0.481 bits per heavy atom. The topological polar surface area (TPSA) is 6.48 Å². The van der Waals surface area contributed by atoms with Crippen LogP contribution in [-0.4, -0.2) is 6.71 Å². The van der Waals surface area contributed by atoms with Gasteiger partial charge in [0.15, 0.2) is 0 Å². The van der Waals surface area contributed by atoms with Crippen molar-refractivity contribution in [1.29, 1.82) is 0 Å². The van der Waals surface area contributed by atoms with Gasteiger partial charge in [0.25, 0.3) is 0 Å². The smallest absolute Gasteiger partial charge is 0.248 e. The Bertz CT molecular complexity index is 2150. The summed E-state index contributed by atoms with van der Waals surface area (Å²) in [6, 6.07) is 31.2. The minimum absolute atomic E-state index is 0.0232. The lowest BCUT2D eigenvalue weighted by molar-refractivity contribution is 0.571. The molecule has 0 bridgehead atoms. The van der Waals surface area contributed by atoms with E-state index in [9.17, 15) is 0 Å². The van der Waals surface area contributed by atoms with Crippen molar-refractivity contribution < 1.29 is 0 Å². The molecular weight excluding hydrogens is 627 g/mol. The second-order valence-electron chi connectivity index (χ2n) is 20.5. The van der Waals surface area contributed by atoms with E-state index in [2.05, 4.69) is 199 Å². The second kappa shape index (κ2) is 11.5. The summed E-state index contributed by atoms with van der Waals surface area (Å²) in [6.45, 7) is 37.7. The van der Waals surface area contributed by atoms with Gasteiger partial charge in [-0.05, 0) is 117 Å². The minimum Gasteiger partial charge on any atom is -0.311 e. The summed E-state index contributed by atoms with van der Waals surface area (Å²) in [5.74, 6) is 0. The maximum atomic E-state index is 2.64. The van der Waals surface area contributed by atoms with Crippen molar-refractivity contribution in [2.75, 3.05) is 9.80 Å². The van der Waals surface area contributed by atoms with Gasteiger partial charge in [0, 0.05) is 39.5 Å². The zero-order valence-electron chi connectivity index (χ0n) is 35.0. The first kappa shape index (κ1) is 36.4. The third-order valence-electron chi connectivity index (χ3n) is 12.5. The first-order valence-electron chi connectivity index (χ1n) is 19.5. The largest absolute Gasteiger partial charge is 0.311 e. The van der Waals surface area contributed by atoms with Gasteiger partial charge in [0.2, 0.25) is 6.71 Å². The molecule has 0 fully saturated rings. The van der Waals surface area contributed by atoms with Crippen LogP contribution in [0.5, 0.6) is 0 Å². The summed E-state index contributed by atoms with van der Waals surface area (Å²) in [5.41, 5.74) is 20.4. The van der Waals surface area contributed by atoms with E-state index in [0.29, 0.717) is 0 Å². The highest BCUT2D eigenvalue weighted by molar-refractivity contribution is 6.95. The molecule has 0 aromatic heterocycles. The van der Waals surface area contributed by atoms with Gasteiger partial charge in [-0.2, -0.15) is 0 Å². The van der Waals surface area contributed by atoms with Crippen LogP contribution in [0.3, 0.4) is 0 Å². The number of rotatable bonds is 2. The van der Waals surface area contributed by atoms with Gasteiger partial charge in [0.1, 0.15) is 0 Å². The molecule has 7 rings (SSSR count). The van der Waals surface area contributed by atoms with Crippen LogP contribution in [0, 0.1) is 5.41 Å². The van der Waals surface area contributed by atoms with Crippen molar-refractivity contribution in [3.05, 3.63) is 123 Å². The average Bonchev–Trinajstić information content (AvgIpc) is 3.22. The van der Waals surface area contributed by atoms with Crippen LogP contribution in [0.25, 0.3) is 0 Å². The van der Waals surface area contributed by atoms with Crippen LogP contribution in [0.2, 0.25) is 0 Å².